The van der Waals surface area contributed by atoms with Crippen molar-refractivity contribution in [2.75, 3.05) is 0 Å². The second-order valence-electron chi connectivity index (χ2n) is 8.70. The molecule has 4 rings (SSSR count). The summed E-state index contributed by atoms with van der Waals surface area (Å²) in [6.07, 6.45) is 12.4. The van der Waals surface area contributed by atoms with Crippen LogP contribution in [0.5, 0.6) is 0 Å². The Hall–Kier alpha value is -0.288. The summed E-state index contributed by atoms with van der Waals surface area (Å²) >= 11 is 2.86. The van der Waals surface area contributed by atoms with Crippen LogP contribution in [-0.4, -0.2) is 21.9 Å². The molecule has 0 bridgehead atoms. The molecule has 0 spiro atoms. The standard InChI is InChI=1S/C20H27O2.Cr/c1-18-9-6-14(21)12-13(18)4-5-15-16(18)7-10-19(2)17(15)8-11-20(19,3)22;/h6,9,12,14-17,21-22H,4-5,7-8,10-11H2,1-2H3;/t14?,15?,16?,17?,18-,19-,20-;/m0./s1. The Morgan fingerprint density at radius 1 is 1.17 bits per heavy atom. The summed E-state index contributed by atoms with van der Waals surface area (Å²) < 4.78 is 3.12. The predicted octanol–water partition coefficient (Wildman–Crippen LogP) is 3.32. The van der Waals surface area contributed by atoms with E-state index in [9.17, 15) is 10.2 Å². The molecule has 0 saturated heterocycles. The van der Waals surface area contributed by atoms with Gasteiger partial charge in [0.05, 0.1) is 0 Å². The van der Waals surface area contributed by atoms with Crippen molar-refractivity contribution in [3.8, 4) is 4.69 Å². The maximum atomic E-state index is 11.1. The number of fused-ring (bicyclic) bond motifs is 5. The number of hydrogen-bond donors (Lipinski definition) is 2. The second-order valence-corrected chi connectivity index (χ2v) is 9.02. The van der Waals surface area contributed by atoms with Gasteiger partial charge in [0, 0.05) is 0 Å². The van der Waals surface area contributed by atoms with Gasteiger partial charge in [0.1, 0.15) is 0 Å². The van der Waals surface area contributed by atoms with Gasteiger partial charge in [-0.1, -0.05) is 0 Å². The fraction of sp³-hybridized carbons (Fsp3) is 0.750. The van der Waals surface area contributed by atoms with E-state index in [1.54, 1.807) is 0 Å². The average Bonchev–Trinajstić information content (AvgIpc) is 2.80. The number of allylic oxidation sites excluding steroid dienone is 2. The Balaban J connectivity index is 1.70. The Kier molecular flexibility index (Phi) is 3.60. The summed E-state index contributed by atoms with van der Waals surface area (Å²) in [6, 6.07) is 0. The summed E-state index contributed by atoms with van der Waals surface area (Å²) in [6.45, 7) is 4.66. The first-order valence-electron chi connectivity index (χ1n) is 9.04. The van der Waals surface area contributed by atoms with Gasteiger partial charge in [0.2, 0.25) is 0 Å². The third kappa shape index (κ3) is 2.01. The molecule has 0 amide bonds. The van der Waals surface area contributed by atoms with Crippen LogP contribution in [0.2, 0.25) is 0 Å². The van der Waals surface area contributed by atoms with Gasteiger partial charge in [-0.05, 0) is 0 Å². The van der Waals surface area contributed by atoms with Gasteiger partial charge in [0.25, 0.3) is 0 Å². The molecule has 0 radical (unpaired) electrons. The predicted molar refractivity (Wildman–Crippen MR) is 86.5 cm³/mol. The van der Waals surface area contributed by atoms with Crippen molar-refractivity contribution in [1.29, 1.82) is 0 Å². The average molecular weight is 351 g/mol. The van der Waals surface area contributed by atoms with E-state index in [1.807, 2.05) is 6.08 Å². The number of hydrogen-bond acceptors (Lipinski definition) is 2. The van der Waals surface area contributed by atoms with E-state index in [2.05, 4.69) is 46.3 Å². The normalized spacial score (nSPS) is 54.5. The van der Waals surface area contributed by atoms with E-state index < -0.39 is 11.7 Å². The fourth-order valence-corrected chi connectivity index (χ4v) is 7.03. The zero-order chi connectivity index (χ0) is 16.5. The number of aliphatic hydroxyl groups excluding tert-OH is 1. The third-order valence-corrected chi connectivity index (χ3v) is 8.51. The molecule has 7 atom stereocenters. The molecule has 125 valence electrons. The molecule has 4 aliphatic rings. The van der Waals surface area contributed by atoms with E-state index in [-0.39, 0.29) is 10.8 Å². The first-order valence-corrected chi connectivity index (χ1v) is 9.68. The van der Waals surface area contributed by atoms with Crippen molar-refractivity contribution in [2.24, 2.45) is 28.6 Å². The topological polar surface area (TPSA) is 40.5 Å². The molecule has 4 unspecified atom stereocenters. The summed E-state index contributed by atoms with van der Waals surface area (Å²) in [5, 5.41) is 21.0. The van der Waals surface area contributed by atoms with Crippen LogP contribution in [0.25, 0.3) is 0 Å². The fourth-order valence-electron chi connectivity index (χ4n) is 6.50. The minimum absolute atomic E-state index is 0.0328. The van der Waals surface area contributed by atoms with Gasteiger partial charge in [-0.3, -0.25) is 0 Å². The summed E-state index contributed by atoms with van der Waals surface area (Å²) in [5.41, 5.74) is 0.760. The van der Waals surface area contributed by atoms with Crippen LogP contribution in [-0.2, 0) is 15.7 Å². The molecule has 3 saturated carbocycles. The molecule has 4 aliphatic carbocycles. The van der Waals surface area contributed by atoms with Crippen molar-refractivity contribution in [3.05, 3.63) is 23.8 Å². The maximum absolute atomic E-state index is 11.1. The number of aliphatic hydroxyl groups is 2. The Labute approximate surface area is 147 Å². The summed E-state index contributed by atoms with van der Waals surface area (Å²) in [5.74, 6) is 1.91. The Bertz CT molecular complexity index is 632. The molecule has 2 nitrogen and oxygen atoms in total. The Morgan fingerprint density at radius 2 is 1.91 bits per heavy atom. The van der Waals surface area contributed by atoms with Gasteiger partial charge in [-0.25, -0.2) is 0 Å². The molecule has 0 aromatic rings. The molecule has 3 heteroatoms. The van der Waals surface area contributed by atoms with Crippen LogP contribution in [0.4, 0.5) is 0 Å². The van der Waals surface area contributed by atoms with Crippen LogP contribution < -0.4 is 0 Å². The zero-order valence-corrected chi connectivity index (χ0v) is 15.4. The number of rotatable bonds is 0. The first-order chi connectivity index (χ1) is 10.8. The van der Waals surface area contributed by atoms with Gasteiger partial charge in [-0.2, -0.15) is 0 Å². The van der Waals surface area contributed by atoms with Crippen LogP contribution >= 0.6 is 0 Å². The summed E-state index contributed by atoms with van der Waals surface area (Å²) in [7, 11) is 0. The third-order valence-electron chi connectivity index (χ3n) is 7.98. The van der Waals surface area contributed by atoms with Gasteiger partial charge < -0.3 is 0 Å². The molecule has 0 aromatic heterocycles. The van der Waals surface area contributed by atoms with Crippen molar-refractivity contribution >= 4 is 0 Å². The van der Waals surface area contributed by atoms with E-state index >= 15 is 0 Å². The van der Waals surface area contributed by atoms with Crippen molar-refractivity contribution in [3.63, 3.8) is 0 Å². The van der Waals surface area contributed by atoms with E-state index in [1.165, 1.54) is 12.0 Å². The molecule has 0 aliphatic heterocycles. The van der Waals surface area contributed by atoms with Crippen molar-refractivity contribution in [1.82, 2.24) is 0 Å². The summed E-state index contributed by atoms with van der Waals surface area (Å²) in [4.78, 5) is 0. The molecular formula is C20H27CrO2. The van der Waals surface area contributed by atoms with Gasteiger partial charge >= 0.3 is 147 Å². The van der Waals surface area contributed by atoms with Crippen LogP contribution in [0, 0.1) is 33.3 Å². The molecule has 3 fully saturated rings. The van der Waals surface area contributed by atoms with Gasteiger partial charge in [-0.15, -0.1) is 0 Å². The van der Waals surface area contributed by atoms with Crippen LogP contribution in [0.3, 0.4) is 0 Å². The van der Waals surface area contributed by atoms with Crippen molar-refractivity contribution < 1.29 is 25.9 Å². The van der Waals surface area contributed by atoms with Crippen LogP contribution in [0.15, 0.2) is 23.8 Å². The molecule has 0 aromatic carbocycles. The quantitative estimate of drug-likeness (QED) is 0.657. The molecule has 2 N–H and O–H groups in total. The van der Waals surface area contributed by atoms with E-state index in [0.717, 1.165) is 32.1 Å². The molecular weight excluding hydrogens is 324 g/mol. The monoisotopic (exact) mass is 351 g/mol. The zero-order valence-electron chi connectivity index (χ0n) is 14.1. The van der Waals surface area contributed by atoms with Crippen LogP contribution in [0.1, 0.15) is 52.4 Å². The SMILES string of the molecule is C[C@]12C=CC(O)C=C1CCC1C2CC[C@@]2(C)C1CC[C@@]2(O)[C]#[Cr]. The van der Waals surface area contributed by atoms with E-state index in [0.29, 0.717) is 17.8 Å². The molecule has 23 heavy (non-hydrogen) atoms. The van der Waals surface area contributed by atoms with E-state index in [4.69, 9.17) is 0 Å². The van der Waals surface area contributed by atoms with Crippen molar-refractivity contribution in [2.45, 2.75) is 64.1 Å². The van der Waals surface area contributed by atoms with Gasteiger partial charge in [0.15, 0.2) is 0 Å². The first kappa shape index (κ1) is 16.2. The minimum atomic E-state index is -0.752. The molecule has 0 heterocycles. The Morgan fingerprint density at radius 3 is 2.65 bits per heavy atom. The second kappa shape index (κ2) is 5.11.